The lowest BCUT2D eigenvalue weighted by molar-refractivity contribution is 0.289. The first-order valence-electron chi connectivity index (χ1n) is 6.38. The minimum absolute atomic E-state index is 0.210. The van der Waals surface area contributed by atoms with Gasteiger partial charge in [-0.25, -0.2) is 4.98 Å². The van der Waals surface area contributed by atoms with Gasteiger partial charge in [0.05, 0.1) is 0 Å². The zero-order chi connectivity index (χ0) is 14.7. The van der Waals surface area contributed by atoms with Crippen molar-refractivity contribution in [3.63, 3.8) is 0 Å². The lowest BCUT2D eigenvalue weighted by Gasteiger charge is -2.12. The molecular weight excluding hydrogens is 340 g/mol. The van der Waals surface area contributed by atoms with Gasteiger partial charge in [0.15, 0.2) is 0 Å². The molecule has 0 N–H and O–H groups in total. The highest BCUT2D eigenvalue weighted by Crippen LogP contribution is 2.25. The molecule has 2 aromatic rings. The number of hydrogen-bond acceptors (Lipinski definition) is 3. The maximum Gasteiger partial charge on any atom is 0.221 e. The van der Waals surface area contributed by atoms with Crippen LogP contribution in [0.3, 0.4) is 0 Å². The van der Waals surface area contributed by atoms with Crippen LogP contribution in [0.2, 0.25) is 5.15 Å². The van der Waals surface area contributed by atoms with Gasteiger partial charge >= 0.3 is 0 Å². The van der Waals surface area contributed by atoms with Gasteiger partial charge in [0.1, 0.15) is 17.6 Å². The Kier molecular flexibility index (Phi) is 5.00. The van der Waals surface area contributed by atoms with Crippen LogP contribution in [-0.2, 0) is 6.61 Å². The summed E-state index contributed by atoms with van der Waals surface area (Å²) >= 11 is 9.57. The summed E-state index contributed by atoms with van der Waals surface area (Å²) in [5.41, 5.74) is 1.84. The third-order valence-electron chi connectivity index (χ3n) is 2.84. The van der Waals surface area contributed by atoms with Crippen molar-refractivity contribution in [1.82, 2.24) is 9.97 Å². The molecule has 0 aliphatic heterocycles. The van der Waals surface area contributed by atoms with Crippen molar-refractivity contribution >= 4 is 27.5 Å². The van der Waals surface area contributed by atoms with Gasteiger partial charge in [-0.15, -0.1) is 0 Å². The molecule has 0 saturated heterocycles. The van der Waals surface area contributed by atoms with Gasteiger partial charge in [-0.05, 0) is 24.6 Å². The highest BCUT2D eigenvalue weighted by Gasteiger charge is 2.13. The smallest absolute Gasteiger partial charge is 0.221 e. The monoisotopic (exact) mass is 354 g/mol. The second-order valence-corrected chi connectivity index (χ2v) is 6.15. The second-order valence-electron chi connectivity index (χ2n) is 4.88. The van der Waals surface area contributed by atoms with Gasteiger partial charge in [0.25, 0.3) is 0 Å². The normalized spacial score (nSPS) is 10.9. The quantitative estimate of drug-likeness (QED) is 0.731. The van der Waals surface area contributed by atoms with Crippen LogP contribution in [0.5, 0.6) is 5.88 Å². The molecule has 5 heteroatoms. The Bertz CT molecular complexity index is 617. The first kappa shape index (κ1) is 15.3. The van der Waals surface area contributed by atoms with E-state index < -0.39 is 0 Å². The van der Waals surface area contributed by atoms with Crippen molar-refractivity contribution < 1.29 is 4.74 Å². The van der Waals surface area contributed by atoms with E-state index in [-0.39, 0.29) is 5.92 Å². The fourth-order valence-electron chi connectivity index (χ4n) is 1.66. The molecular formula is C15H16BrClN2O. The average molecular weight is 356 g/mol. The van der Waals surface area contributed by atoms with Gasteiger partial charge < -0.3 is 4.74 Å². The first-order valence-corrected chi connectivity index (χ1v) is 7.55. The number of nitrogens with zero attached hydrogens (tertiary/aromatic N) is 2. The predicted octanol–water partition coefficient (Wildman–Crippen LogP) is 4.90. The molecule has 0 saturated carbocycles. The van der Waals surface area contributed by atoms with Crippen LogP contribution in [0.15, 0.2) is 28.7 Å². The minimum atomic E-state index is 0.210. The Morgan fingerprint density at radius 2 is 2.05 bits per heavy atom. The van der Waals surface area contributed by atoms with Crippen molar-refractivity contribution in [1.29, 1.82) is 0 Å². The van der Waals surface area contributed by atoms with Crippen LogP contribution >= 0.6 is 27.5 Å². The maximum absolute atomic E-state index is 6.13. The highest BCUT2D eigenvalue weighted by atomic mass is 79.9. The van der Waals surface area contributed by atoms with E-state index in [4.69, 9.17) is 16.3 Å². The van der Waals surface area contributed by atoms with E-state index >= 15 is 0 Å². The molecule has 0 aliphatic rings. The largest absolute Gasteiger partial charge is 0.472 e. The van der Waals surface area contributed by atoms with E-state index in [0.29, 0.717) is 23.5 Å². The third kappa shape index (κ3) is 3.70. The molecule has 1 heterocycles. The van der Waals surface area contributed by atoms with Crippen LogP contribution in [0.1, 0.15) is 36.7 Å². The van der Waals surface area contributed by atoms with E-state index in [0.717, 1.165) is 15.6 Å². The topological polar surface area (TPSA) is 35.0 Å². The van der Waals surface area contributed by atoms with Crippen LogP contribution in [0.4, 0.5) is 0 Å². The minimum Gasteiger partial charge on any atom is -0.472 e. The highest BCUT2D eigenvalue weighted by molar-refractivity contribution is 9.10. The van der Waals surface area contributed by atoms with Crippen LogP contribution in [0, 0.1) is 6.92 Å². The summed E-state index contributed by atoms with van der Waals surface area (Å²) in [4.78, 5) is 8.71. The molecule has 3 nitrogen and oxygen atoms in total. The Hall–Kier alpha value is -1.13. The molecule has 0 radical (unpaired) electrons. The molecule has 0 amide bonds. The van der Waals surface area contributed by atoms with Crippen LogP contribution in [0.25, 0.3) is 0 Å². The Morgan fingerprint density at radius 1 is 1.30 bits per heavy atom. The molecule has 106 valence electrons. The van der Waals surface area contributed by atoms with Gasteiger partial charge in [-0.2, -0.15) is 4.98 Å². The molecule has 0 spiro atoms. The zero-order valence-electron chi connectivity index (χ0n) is 11.7. The van der Waals surface area contributed by atoms with Crippen molar-refractivity contribution in [3.05, 3.63) is 50.8 Å². The maximum atomic E-state index is 6.13. The summed E-state index contributed by atoms with van der Waals surface area (Å²) in [6, 6.07) is 7.98. The predicted molar refractivity (Wildman–Crippen MR) is 84.3 cm³/mol. The Labute approximate surface area is 132 Å². The van der Waals surface area contributed by atoms with E-state index in [1.165, 1.54) is 0 Å². The van der Waals surface area contributed by atoms with Crippen molar-refractivity contribution in [3.8, 4) is 5.88 Å². The number of ether oxygens (including phenoxy) is 1. The molecule has 0 fully saturated rings. The molecule has 0 bridgehead atoms. The molecule has 20 heavy (non-hydrogen) atoms. The Balaban J connectivity index is 2.20. The number of halogens is 2. The third-order valence-corrected chi connectivity index (χ3v) is 3.70. The molecule has 2 rings (SSSR count). The SMILES string of the molecule is Cc1c(Cl)nc(C(C)C)nc1OCc1cccc(Br)c1. The van der Waals surface area contributed by atoms with Crippen LogP contribution < -0.4 is 4.74 Å². The van der Waals surface area contributed by atoms with E-state index in [9.17, 15) is 0 Å². The van der Waals surface area contributed by atoms with E-state index in [1.54, 1.807) is 0 Å². The molecule has 0 atom stereocenters. The number of aromatic nitrogens is 2. The molecule has 0 unspecified atom stereocenters. The molecule has 1 aromatic heterocycles. The molecule has 1 aromatic carbocycles. The van der Waals surface area contributed by atoms with E-state index in [1.807, 2.05) is 45.0 Å². The Morgan fingerprint density at radius 3 is 2.70 bits per heavy atom. The lowest BCUT2D eigenvalue weighted by atomic mass is 10.2. The molecule has 0 aliphatic carbocycles. The van der Waals surface area contributed by atoms with E-state index in [2.05, 4.69) is 25.9 Å². The fraction of sp³-hybridized carbons (Fsp3) is 0.333. The summed E-state index contributed by atoms with van der Waals surface area (Å²) in [6.07, 6.45) is 0. The second kappa shape index (κ2) is 6.55. The summed E-state index contributed by atoms with van der Waals surface area (Å²) in [5.74, 6) is 1.46. The van der Waals surface area contributed by atoms with Gasteiger partial charge in [0.2, 0.25) is 5.88 Å². The van der Waals surface area contributed by atoms with Crippen molar-refractivity contribution in [2.45, 2.75) is 33.3 Å². The fourth-order valence-corrected chi connectivity index (χ4v) is 2.28. The summed E-state index contributed by atoms with van der Waals surface area (Å²) < 4.78 is 6.82. The summed E-state index contributed by atoms with van der Waals surface area (Å²) in [5, 5.41) is 0.452. The number of hydrogen-bond donors (Lipinski definition) is 0. The summed E-state index contributed by atoms with van der Waals surface area (Å²) in [7, 11) is 0. The van der Waals surface area contributed by atoms with Gasteiger partial charge in [0, 0.05) is 16.0 Å². The van der Waals surface area contributed by atoms with Crippen molar-refractivity contribution in [2.75, 3.05) is 0 Å². The van der Waals surface area contributed by atoms with Gasteiger partial charge in [-0.3, -0.25) is 0 Å². The first-order chi connectivity index (χ1) is 9.47. The van der Waals surface area contributed by atoms with Gasteiger partial charge in [-0.1, -0.05) is 53.5 Å². The standard InChI is InChI=1S/C15H16BrClN2O/c1-9(2)14-18-13(17)10(3)15(19-14)20-8-11-5-4-6-12(16)7-11/h4-7,9H,8H2,1-3H3. The zero-order valence-corrected chi connectivity index (χ0v) is 14.0. The van der Waals surface area contributed by atoms with Crippen molar-refractivity contribution in [2.24, 2.45) is 0 Å². The number of benzene rings is 1. The summed E-state index contributed by atoms with van der Waals surface area (Å²) in [6.45, 7) is 6.37. The van der Waals surface area contributed by atoms with Crippen LogP contribution in [-0.4, -0.2) is 9.97 Å². The average Bonchev–Trinajstić information content (AvgIpc) is 2.40. The lowest BCUT2D eigenvalue weighted by Crippen LogP contribution is -2.05. The number of rotatable bonds is 4.